The van der Waals surface area contributed by atoms with E-state index in [1.807, 2.05) is 13.0 Å². The van der Waals surface area contributed by atoms with Crippen LogP contribution in [0.25, 0.3) is 28.6 Å². The summed E-state index contributed by atoms with van der Waals surface area (Å²) in [6, 6.07) is 15.6. The molecule has 1 aromatic heterocycles. The number of fused-ring (bicyclic) bond motifs is 1. The molecule has 2 N–H and O–H groups in total. The lowest BCUT2D eigenvalue weighted by Gasteiger charge is -2.07. The number of nitrogens with zero attached hydrogens (tertiary/aromatic N) is 1. The average Bonchev–Trinajstić information content (AvgIpc) is 3.17. The van der Waals surface area contributed by atoms with E-state index >= 15 is 0 Å². The van der Waals surface area contributed by atoms with Crippen LogP contribution in [0.2, 0.25) is 10.0 Å². The maximum atomic E-state index is 12.4. The van der Waals surface area contributed by atoms with Gasteiger partial charge in [-0.15, -0.1) is 0 Å². The Balaban J connectivity index is 1.50. The number of rotatable bonds is 6. The van der Waals surface area contributed by atoms with Crippen molar-refractivity contribution in [2.24, 2.45) is 0 Å². The molecule has 8 heteroatoms. The Morgan fingerprint density at radius 2 is 1.91 bits per heavy atom. The van der Waals surface area contributed by atoms with Gasteiger partial charge in [0.15, 0.2) is 5.58 Å². The first-order chi connectivity index (χ1) is 15.8. The summed E-state index contributed by atoms with van der Waals surface area (Å²) in [5.74, 6) is -0.794. The van der Waals surface area contributed by atoms with Crippen LogP contribution in [0, 0.1) is 6.92 Å². The van der Waals surface area contributed by atoms with Gasteiger partial charge in [0, 0.05) is 27.4 Å². The number of carbonyl (C=O) groups is 2. The van der Waals surface area contributed by atoms with E-state index in [4.69, 9.17) is 32.7 Å². The van der Waals surface area contributed by atoms with Crippen LogP contribution in [0.3, 0.4) is 0 Å². The smallest absolute Gasteiger partial charge is 0.307 e. The largest absolute Gasteiger partial charge is 0.481 e. The summed E-state index contributed by atoms with van der Waals surface area (Å²) in [6.45, 7) is 1.87. The molecule has 0 saturated heterocycles. The number of anilines is 1. The zero-order chi connectivity index (χ0) is 23.5. The molecule has 0 saturated carbocycles. The number of halogens is 2. The minimum Gasteiger partial charge on any atom is -0.481 e. The number of amides is 1. The van der Waals surface area contributed by atoms with E-state index < -0.39 is 5.97 Å². The monoisotopic (exact) mass is 480 g/mol. The summed E-state index contributed by atoms with van der Waals surface area (Å²) in [7, 11) is 0. The molecule has 4 rings (SSSR count). The van der Waals surface area contributed by atoms with Gasteiger partial charge in [-0.3, -0.25) is 9.59 Å². The number of aromatic nitrogens is 1. The lowest BCUT2D eigenvalue weighted by atomic mass is 10.1. The zero-order valence-corrected chi connectivity index (χ0v) is 18.9. The van der Waals surface area contributed by atoms with Crippen molar-refractivity contribution in [1.29, 1.82) is 0 Å². The number of aliphatic carboxylic acids is 1. The summed E-state index contributed by atoms with van der Waals surface area (Å²) in [5.41, 5.74) is 4.71. The van der Waals surface area contributed by atoms with Crippen molar-refractivity contribution in [2.75, 3.05) is 5.32 Å². The summed E-state index contributed by atoms with van der Waals surface area (Å²) < 4.78 is 5.82. The Morgan fingerprint density at radius 1 is 1.09 bits per heavy atom. The Kier molecular flexibility index (Phi) is 6.49. The van der Waals surface area contributed by atoms with Crippen molar-refractivity contribution in [3.8, 4) is 11.5 Å². The Hall–Kier alpha value is -3.61. The van der Waals surface area contributed by atoms with Crippen molar-refractivity contribution in [3.63, 3.8) is 0 Å². The van der Waals surface area contributed by atoms with Gasteiger partial charge >= 0.3 is 5.97 Å². The number of carboxylic acid groups (broad SMARTS) is 1. The molecule has 0 bridgehead atoms. The normalized spacial score (nSPS) is 11.2. The third-order valence-electron chi connectivity index (χ3n) is 4.92. The second-order valence-electron chi connectivity index (χ2n) is 7.41. The standard InChI is InChI=1S/C25H18Cl2N2O4/c1-14-10-17(25-29-21-11-15(12-24(31)32)2-8-22(21)33-25)4-7-20(14)28-23(30)9-5-16-3-6-18(26)13-19(16)27/h2-11,13H,12H2,1H3,(H,28,30)(H,31,32)/b9-5+. The topological polar surface area (TPSA) is 92.4 Å². The molecule has 33 heavy (non-hydrogen) atoms. The van der Waals surface area contributed by atoms with Crippen molar-refractivity contribution < 1.29 is 19.1 Å². The molecule has 6 nitrogen and oxygen atoms in total. The Labute approximate surface area is 199 Å². The summed E-state index contributed by atoms with van der Waals surface area (Å²) in [4.78, 5) is 27.8. The molecule has 0 fully saturated rings. The first-order valence-corrected chi connectivity index (χ1v) is 10.7. The van der Waals surface area contributed by atoms with Crippen molar-refractivity contribution in [3.05, 3.63) is 87.4 Å². The molecule has 0 aliphatic heterocycles. The highest BCUT2D eigenvalue weighted by atomic mass is 35.5. The van der Waals surface area contributed by atoms with Gasteiger partial charge < -0.3 is 14.8 Å². The lowest BCUT2D eigenvalue weighted by Crippen LogP contribution is -2.08. The average molecular weight is 481 g/mol. The molecule has 3 aromatic carbocycles. The number of hydrogen-bond acceptors (Lipinski definition) is 4. The minimum atomic E-state index is -0.905. The fraction of sp³-hybridized carbons (Fsp3) is 0.0800. The Bertz CT molecular complexity index is 1410. The molecule has 0 unspecified atom stereocenters. The van der Waals surface area contributed by atoms with E-state index in [0.717, 1.165) is 11.1 Å². The van der Waals surface area contributed by atoms with Crippen LogP contribution in [0.15, 0.2) is 65.1 Å². The zero-order valence-electron chi connectivity index (χ0n) is 17.4. The second-order valence-corrected chi connectivity index (χ2v) is 8.25. The van der Waals surface area contributed by atoms with E-state index in [1.54, 1.807) is 54.6 Å². The first-order valence-electron chi connectivity index (χ1n) is 9.95. The summed E-state index contributed by atoms with van der Waals surface area (Å²) in [5, 5.41) is 12.8. The third-order valence-corrected chi connectivity index (χ3v) is 5.48. The van der Waals surface area contributed by atoms with E-state index in [9.17, 15) is 9.59 Å². The van der Waals surface area contributed by atoms with Crippen molar-refractivity contribution >= 4 is 57.9 Å². The fourth-order valence-corrected chi connectivity index (χ4v) is 3.77. The highest BCUT2D eigenvalue weighted by Crippen LogP contribution is 2.28. The van der Waals surface area contributed by atoms with Crippen LogP contribution < -0.4 is 5.32 Å². The fourth-order valence-electron chi connectivity index (χ4n) is 3.29. The summed E-state index contributed by atoms with van der Waals surface area (Å²) in [6.07, 6.45) is 2.94. The maximum Gasteiger partial charge on any atom is 0.307 e. The number of benzene rings is 3. The predicted molar refractivity (Wildman–Crippen MR) is 130 cm³/mol. The minimum absolute atomic E-state index is 0.0791. The lowest BCUT2D eigenvalue weighted by molar-refractivity contribution is -0.136. The number of aryl methyl sites for hydroxylation is 1. The van der Waals surface area contributed by atoms with Crippen molar-refractivity contribution in [1.82, 2.24) is 4.98 Å². The SMILES string of the molecule is Cc1cc(-c2nc3cc(CC(=O)O)ccc3o2)ccc1NC(=O)/C=C/c1ccc(Cl)cc1Cl. The molecular formula is C25H18Cl2N2O4. The van der Waals surface area contributed by atoms with Crippen LogP contribution >= 0.6 is 23.2 Å². The predicted octanol–water partition coefficient (Wildman–Crippen LogP) is 6.39. The van der Waals surface area contributed by atoms with Gasteiger partial charge in [0.05, 0.1) is 6.42 Å². The molecule has 0 aliphatic carbocycles. The number of carboxylic acids is 1. The van der Waals surface area contributed by atoms with Crippen LogP contribution in [0.5, 0.6) is 0 Å². The highest BCUT2D eigenvalue weighted by molar-refractivity contribution is 6.35. The molecule has 0 aliphatic rings. The molecule has 0 atom stereocenters. The maximum absolute atomic E-state index is 12.4. The van der Waals surface area contributed by atoms with Gasteiger partial charge in [0.1, 0.15) is 5.52 Å². The van der Waals surface area contributed by atoms with Gasteiger partial charge in [0.2, 0.25) is 11.8 Å². The van der Waals surface area contributed by atoms with Crippen LogP contribution in [0.4, 0.5) is 5.69 Å². The van der Waals surface area contributed by atoms with E-state index in [2.05, 4.69) is 10.3 Å². The third kappa shape index (κ3) is 5.42. The molecule has 0 spiro atoms. The second kappa shape index (κ2) is 9.48. The molecule has 1 heterocycles. The van der Waals surface area contributed by atoms with Crippen LogP contribution in [-0.2, 0) is 16.0 Å². The van der Waals surface area contributed by atoms with Gasteiger partial charge in [-0.25, -0.2) is 4.98 Å². The molecule has 1 amide bonds. The quantitative estimate of drug-likeness (QED) is 0.312. The van der Waals surface area contributed by atoms with Crippen LogP contribution in [-0.4, -0.2) is 22.0 Å². The van der Waals surface area contributed by atoms with Crippen LogP contribution in [0.1, 0.15) is 16.7 Å². The number of hydrogen-bond donors (Lipinski definition) is 2. The van der Waals surface area contributed by atoms with E-state index in [0.29, 0.717) is 43.9 Å². The molecule has 0 radical (unpaired) electrons. The highest BCUT2D eigenvalue weighted by Gasteiger charge is 2.12. The van der Waals surface area contributed by atoms with Gasteiger partial charge in [-0.05, 0) is 72.2 Å². The van der Waals surface area contributed by atoms with E-state index in [1.165, 1.54) is 6.08 Å². The van der Waals surface area contributed by atoms with Gasteiger partial charge in [-0.2, -0.15) is 0 Å². The summed E-state index contributed by atoms with van der Waals surface area (Å²) >= 11 is 12.0. The van der Waals surface area contributed by atoms with Gasteiger partial charge in [0.25, 0.3) is 0 Å². The van der Waals surface area contributed by atoms with E-state index in [-0.39, 0.29) is 12.3 Å². The van der Waals surface area contributed by atoms with Gasteiger partial charge in [-0.1, -0.05) is 35.3 Å². The number of oxazole rings is 1. The number of nitrogens with one attached hydrogen (secondary N) is 1. The molecule has 4 aromatic rings. The molecular weight excluding hydrogens is 463 g/mol. The Morgan fingerprint density at radius 3 is 2.64 bits per heavy atom. The first kappa shape index (κ1) is 22.6. The molecule has 166 valence electrons. The number of carbonyl (C=O) groups excluding carboxylic acids is 1. The van der Waals surface area contributed by atoms with Crippen molar-refractivity contribution in [2.45, 2.75) is 13.3 Å².